The molecule has 0 aliphatic heterocycles. The van der Waals surface area contributed by atoms with Crippen LogP contribution in [0.2, 0.25) is 0 Å². The number of anilines is 1. The molecule has 1 aromatic rings. The Balaban J connectivity index is 1.98. The summed E-state index contributed by atoms with van der Waals surface area (Å²) in [4.78, 5) is 16.7. The second-order valence-electron chi connectivity index (χ2n) is 5.14. The van der Waals surface area contributed by atoms with Gasteiger partial charge in [0.05, 0.1) is 5.71 Å². The zero-order chi connectivity index (χ0) is 15.1. The maximum atomic E-state index is 11.3. The van der Waals surface area contributed by atoms with E-state index in [2.05, 4.69) is 24.0 Å². The molecule has 4 nitrogen and oxygen atoms in total. The molecule has 1 amide bonds. The van der Waals surface area contributed by atoms with Gasteiger partial charge in [-0.15, -0.1) is 0 Å². The minimum atomic E-state index is -0.193. The molecule has 4 heteroatoms. The van der Waals surface area contributed by atoms with E-state index in [9.17, 15) is 4.79 Å². The van der Waals surface area contributed by atoms with Gasteiger partial charge in [0.1, 0.15) is 6.61 Å². The van der Waals surface area contributed by atoms with Crippen molar-refractivity contribution in [1.29, 1.82) is 0 Å². The van der Waals surface area contributed by atoms with Crippen molar-refractivity contribution >= 4 is 17.3 Å². The molecule has 1 aliphatic carbocycles. The fourth-order valence-electron chi connectivity index (χ4n) is 2.38. The van der Waals surface area contributed by atoms with Crippen LogP contribution in [0.3, 0.4) is 0 Å². The van der Waals surface area contributed by atoms with E-state index in [1.54, 1.807) is 0 Å². The number of fused-ring (bicyclic) bond motifs is 1. The molecule has 1 aliphatic rings. The fraction of sp³-hybridized carbons (Fsp3) is 0.412. The molecule has 1 N–H and O–H groups in total. The Hall–Kier alpha value is -2.10. The van der Waals surface area contributed by atoms with Crippen LogP contribution in [0.1, 0.15) is 43.7 Å². The maximum absolute atomic E-state index is 11.3. The van der Waals surface area contributed by atoms with E-state index in [-0.39, 0.29) is 5.91 Å². The standard InChI is InChI=1S/C17H22N2O2/c1-3-5-6-11-21-19-16-10-7-13-12-14(8-9-15(13)16)18-17(20)4-2/h4,8-9,12H,2-3,5-7,10-11H2,1H3,(H,18,20)/b19-16-. The van der Waals surface area contributed by atoms with Gasteiger partial charge >= 0.3 is 0 Å². The lowest BCUT2D eigenvalue weighted by Crippen LogP contribution is -2.07. The van der Waals surface area contributed by atoms with Gasteiger partial charge in [-0.05, 0) is 43.0 Å². The summed E-state index contributed by atoms with van der Waals surface area (Å²) in [6.45, 7) is 6.30. The molecule has 0 bridgehead atoms. The zero-order valence-electron chi connectivity index (χ0n) is 12.5. The summed E-state index contributed by atoms with van der Waals surface area (Å²) in [6, 6.07) is 5.88. The summed E-state index contributed by atoms with van der Waals surface area (Å²) >= 11 is 0. The quantitative estimate of drug-likeness (QED) is 0.472. The number of rotatable bonds is 7. The molecule has 0 radical (unpaired) electrons. The number of hydrogen-bond acceptors (Lipinski definition) is 3. The van der Waals surface area contributed by atoms with Crippen molar-refractivity contribution in [1.82, 2.24) is 0 Å². The molecule has 0 saturated carbocycles. The number of amides is 1. The van der Waals surface area contributed by atoms with E-state index in [0.29, 0.717) is 6.61 Å². The smallest absolute Gasteiger partial charge is 0.247 e. The molecule has 21 heavy (non-hydrogen) atoms. The van der Waals surface area contributed by atoms with Crippen molar-refractivity contribution in [2.75, 3.05) is 11.9 Å². The first kappa shape index (κ1) is 15.3. The van der Waals surface area contributed by atoms with Crippen molar-refractivity contribution in [3.05, 3.63) is 42.0 Å². The third-order valence-electron chi connectivity index (χ3n) is 3.51. The number of unbranched alkanes of at least 4 members (excludes halogenated alkanes) is 2. The first-order valence-corrected chi connectivity index (χ1v) is 7.50. The van der Waals surface area contributed by atoms with E-state index < -0.39 is 0 Å². The first-order chi connectivity index (χ1) is 10.2. The second-order valence-corrected chi connectivity index (χ2v) is 5.14. The molecule has 0 unspecified atom stereocenters. The number of carbonyl (C=O) groups is 1. The highest BCUT2D eigenvalue weighted by atomic mass is 16.6. The molecule has 0 aromatic heterocycles. The number of nitrogens with zero attached hydrogens (tertiary/aromatic N) is 1. The number of nitrogens with one attached hydrogen (secondary N) is 1. The molecule has 0 heterocycles. The summed E-state index contributed by atoms with van der Waals surface area (Å²) in [5, 5.41) is 7.03. The Morgan fingerprint density at radius 1 is 1.43 bits per heavy atom. The van der Waals surface area contributed by atoms with Crippen LogP contribution < -0.4 is 5.32 Å². The lowest BCUT2D eigenvalue weighted by molar-refractivity contribution is -0.111. The highest BCUT2D eigenvalue weighted by molar-refractivity contribution is 6.05. The third-order valence-corrected chi connectivity index (χ3v) is 3.51. The summed E-state index contributed by atoms with van der Waals surface area (Å²) < 4.78 is 0. The minimum Gasteiger partial charge on any atom is -0.396 e. The van der Waals surface area contributed by atoms with Crippen LogP contribution in [0.4, 0.5) is 5.69 Å². The van der Waals surface area contributed by atoms with Crippen molar-refractivity contribution in [3.63, 3.8) is 0 Å². The molecule has 112 valence electrons. The largest absolute Gasteiger partial charge is 0.396 e. The van der Waals surface area contributed by atoms with Gasteiger partial charge in [0.25, 0.3) is 0 Å². The molecular weight excluding hydrogens is 264 g/mol. The van der Waals surface area contributed by atoms with Crippen LogP contribution in [0.15, 0.2) is 36.0 Å². The number of benzene rings is 1. The monoisotopic (exact) mass is 286 g/mol. The van der Waals surface area contributed by atoms with Gasteiger partial charge < -0.3 is 10.2 Å². The van der Waals surface area contributed by atoms with E-state index >= 15 is 0 Å². The first-order valence-electron chi connectivity index (χ1n) is 7.50. The van der Waals surface area contributed by atoms with Gasteiger partial charge in [-0.2, -0.15) is 0 Å². The SMILES string of the molecule is C=CC(=O)Nc1ccc2c(c1)CC/C2=N/OCCCCC. The highest BCUT2D eigenvalue weighted by Gasteiger charge is 2.18. The van der Waals surface area contributed by atoms with Crippen LogP contribution in [-0.2, 0) is 16.1 Å². The summed E-state index contributed by atoms with van der Waals surface area (Å²) in [5.74, 6) is -0.193. The predicted octanol–water partition coefficient (Wildman–Crippen LogP) is 3.67. The maximum Gasteiger partial charge on any atom is 0.247 e. The summed E-state index contributed by atoms with van der Waals surface area (Å²) in [7, 11) is 0. The van der Waals surface area contributed by atoms with Gasteiger partial charge in [-0.1, -0.05) is 37.6 Å². The topological polar surface area (TPSA) is 50.7 Å². The Morgan fingerprint density at radius 2 is 2.29 bits per heavy atom. The number of carbonyl (C=O) groups excluding carboxylic acids is 1. The second kappa shape index (κ2) is 7.62. The van der Waals surface area contributed by atoms with Crippen LogP contribution in [0.5, 0.6) is 0 Å². The molecule has 0 saturated heterocycles. The van der Waals surface area contributed by atoms with E-state index in [4.69, 9.17) is 4.84 Å². The number of hydrogen-bond donors (Lipinski definition) is 1. The highest BCUT2D eigenvalue weighted by Crippen LogP contribution is 2.26. The van der Waals surface area contributed by atoms with Gasteiger partial charge in [-0.3, -0.25) is 4.79 Å². The van der Waals surface area contributed by atoms with Gasteiger partial charge in [0.15, 0.2) is 0 Å². The van der Waals surface area contributed by atoms with Crippen LogP contribution in [-0.4, -0.2) is 18.2 Å². The molecule has 1 aromatic carbocycles. The molecule has 2 rings (SSSR count). The normalized spacial score (nSPS) is 14.8. The Morgan fingerprint density at radius 3 is 3.05 bits per heavy atom. The average molecular weight is 286 g/mol. The predicted molar refractivity (Wildman–Crippen MR) is 85.6 cm³/mol. The van der Waals surface area contributed by atoms with Crippen molar-refractivity contribution < 1.29 is 9.63 Å². The lowest BCUT2D eigenvalue weighted by Gasteiger charge is -2.05. The zero-order valence-corrected chi connectivity index (χ0v) is 12.5. The Labute approximate surface area is 125 Å². The van der Waals surface area contributed by atoms with E-state index in [1.807, 2.05) is 18.2 Å². The van der Waals surface area contributed by atoms with Crippen LogP contribution in [0.25, 0.3) is 0 Å². The average Bonchev–Trinajstić information content (AvgIpc) is 2.89. The third kappa shape index (κ3) is 4.18. The van der Waals surface area contributed by atoms with Crippen molar-refractivity contribution in [2.24, 2.45) is 5.16 Å². The fourth-order valence-corrected chi connectivity index (χ4v) is 2.38. The van der Waals surface area contributed by atoms with Crippen LogP contribution >= 0.6 is 0 Å². The van der Waals surface area contributed by atoms with E-state index in [0.717, 1.165) is 36.2 Å². The Kier molecular flexibility index (Phi) is 5.55. The Bertz CT molecular complexity index is 550. The van der Waals surface area contributed by atoms with Gasteiger partial charge in [0.2, 0.25) is 5.91 Å². The molecular formula is C17H22N2O2. The number of oxime groups is 1. The van der Waals surface area contributed by atoms with Crippen molar-refractivity contribution in [2.45, 2.75) is 39.0 Å². The van der Waals surface area contributed by atoms with E-state index in [1.165, 1.54) is 24.5 Å². The van der Waals surface area contributed by atoms with Gasteiger partial charge in [0, 0.05) is 11.3 Å². The molecule has 0 fully saturated rings. The minimum absolute atomic E-state index is 0.193. The summed E-state index contributed by atoms with van der Waals surface area (Å²) in [5.41, 5.74) is 4.13. The molecule has 0 atom stereocenters. The lowest BCUT2D eigenvalue weighted by atomic mass is 10.1. The number of aryl methyl sites for hydroxylation is 1. The van der Waals surface area contributed by atoms with Gasteiger partial charge in [-0.25, -0.2) is 0 Å². The van der Waals surface area contributed by atoms with Crippen LogP contribution in [0, 0.1) is 0 Å². The molecule has 0 spiro atoms. The summed E-state index contributed by atoms with van der Waals surface area (Å²) in [6.07, 6.45) is 6.50. The van der Waals surface area contributed by atoms with Crippen molar-refractivity contribution in [3.8, 4) is 0 Å².